The molecular formula is C19H24N4O2. The van der Waals surface area contributed by atoms with Gasteiger partial charge in [-0.1, -0.05) is 12.8 Å². The van der Waals surface area contributed by atoms with E-state index >= 15 is 0 Å². The first kappa shape index (κ1) is 16.3. The number of carbonyl (C=O) groups is 1. The fourth-order valence-corrected chi connectivity index (χ4v) is 3.87. The van der Waals surface area contributed by atoms with Gasteiger partial charge in [0.25, 0.3) is 5.91 Å². The standard InChI is InChI=1S/C19H24N4O2/c24-19(18-13-16(8-10-20-18)23-11-4-9-21-23)22(15-5-1-2-6-15)14-17-7-3-12-25-17/h4,8-11,13,15,17H,1-3,5-7,12,14H2. The van der Waals surface area contributed by atoms with Crippen LogP contribution in [-0.2, 0) is 4.74 Å². The summed E-state index contributed by atoms with van der Waals surface area (Å²) in [5.74, 6) is 0.0106. The zero-order chi connectivity index (χ0) is 17.1. The van der Waals surface area contributed by atoms with E-state index in [1.807, 2.05) is 29.3 Å². The van der Waals surface area contributed by atoms with Crippen molar-refractivity contribution in [2.45, 2.75) is 50.7 Å². The number of pyridine rings is 1. The molecule has 1 aliphatic carbocycles. The molecule has 2 aliphatic rings. The minimum atomic E-state index is 0.0106. The average Bonchev–Trinajstić information content (AvgIpc) is 3.42. The zero-order valence-corrected chi connectivity index (χ0v) is 14.4. The molecule has 0 bridgehead atoms. The third-order valence-corrected chi connectivity index (χ3v) is 5.18. The summed E-state index contributed by atoms with van der Waals surface area (Å²) in [6.07, 6.45) is 12.1. The predicted octanol–water partition coefficient (Wildman–Crippen LogP) is 2.83. The Morgan fingerprint density at radius 2 is 2.12 bits per heavy atom. The molecule has 0 aromatic carbocycles. The molecule has 2 aromatic rings. The van der Waals surface area contributed by atoms with Gasteiger partial charge in [0, 0.05) is 37.8 Å². The van der Waals surface area contributed by atoms with Gasteiger partial charge in [0.2, 0.25) is 0 Å². The van der Waals surface area contributed by atoms with Crippen LogP contribution >= 0.6 is 0 Å². The van der Waals surface area contributed by atoms with E-state index in [1.165, 1.54) is 12.8 Å². The summed E-state index contributed by atoms with van der Waals surface area (Å²) in [7, 11) is 0. The van der Waals surface area contributed by atoms with Gasteiger partial charge in [0.1, 0.15) is 5.69 Å². The van der Waals surface area contributed by atoms with Gasteiger partial charge < -0.3 is 9.64 Å². The van der Waals surface area contributed by atoms with E-state index in [1.54, 1.807) is 17.1 Å². The summed E-state index contributed by atoms with van der Waals surface area (Å²) < 4.78 is 7.53. The third-order valence-electron chi connectivity index (χ3n) is 5.18. The van der Waals surface area contributed by atoms with Crippen LogP contribution in [0.2, 0.25) is 0 Å². The topological polar surface area (TPSA) is 60.2 Å². The first-order chi connectivity index (χ1) is 12.3. The first-order valence-electron chi connectivity index (χ1n) is 9.20. The van der Waals surface area contributed by atoms with Crippen molar-refractivity contribution in [3.05, 3.63) is 42.5 Å². The van der Waals surface area contributed by atoms with Crippen molar-refractivity contribution < 1.29 is 9.53 Å². The predicted molar refractivity (Wildman–Crippen MR) is 93.6 cm³/mol. The molecule has 6 heteroatoms. The molecular weight excluding hydrogens is 316 g/mol. The van der Waals surface area contributed by atoms with Gasteiger partial charge in [0.15, 0.2) is 0 Å². The molecule has 1 saturated heterocycles. The van der Waals surface area contributed by atoms with Crippen molar-refractivity contribution in [2.24, 2.45) is 0 Å². The lowest BCUT2D eigenvalue weighted by molar-refractivity contribution is 0.0416. The molecule has 25 heavy (non-hydrogen) atoms. The van der Waals surface area contributed by atoms with Crippen molar-refractivity contribution in [3.63, 3.8) is 0 Å². The highest BCUT2D eigenvalue weighted by atomic mass is 16.5. The summed E-state index contributed by atoms with van der Waals surface area (Å²) >= 11 is 0. The second kappa shape index (κ2) is 7.35. The van der Waals surface area contributed by atoms with Crippen LogP contribution in [-0.4, -0.2) is 50.9 Å². The van der Waals surface area contributed by atoms with E-state index < -0.39 is 0 Å². The highest BCUT2D eigenvalue weighted by molar-refractivity contribution is 5.93. The Morgan fingerprint density at radius 3 is 2.84 bits per heavy atom. The smallest absolute Gasteiger partial charge is 0.272 e. The Labute approximate surface area is 147 Å². The van der Waals surface area contributed by atoms with Crippen molar-refractivity contribution in [2.75, 3.05) is 13.2 Å². The second-order valence-electron chi connectivity index (χ2n) is 6.88. The van der Waals surface area contributed by atoms with E-state index in [0.717, 1.165) is 38.0 Å². The molecule has 1 amide bonds. The largest absolute Gasteiger partial charge is 0.376 e. The number of aromatic nitrogens is 3. The molecule has 3 heterocycles. The van der Waals surface area contributed by atoms with Crippen molar-refractivity contribution in [3.8, 4) is 5.69 Å². The maximum absolute atomic E-state index is 13.2. The van der Waals surface area contributed by atoms with Crippen LogP contribution in [0.5, 0.6) is 0 Å². The van der Waals surface area contributed by atoms with Crippen LogP contribution in [0.4, 0.5) is 0 Å². The molecule has 1 saturated carbocycles. The Kier molecular flexibility index (Phi) is 4.78. The maximum Gasteiger partial charge on any atom is 0.272 e. The highest BCUT2D eigenvalue weighted by Gasteiger charge is 2.31. The lowest BCUT2D eigenvalue weighted by atomic mass is 10.1. The van der Waals surface area contributed by atoms with E-state index in [2.05, 4.69) is 10.1 Å². The molecule has 2 aromatic heterocycles. The monoisotopic (exact) mass is 340 g/mol. The first-order valence-corrected chi connectivity index (χ1v) is 9.20. The average molecular weight is 340 g/mol. The summed E-state index contributed by atoms with van der Waals surface area (Å²) in [5, 5.41) is 4.24. The summed E-state index contributed by atoms with van der Waals surface area (Å²) in [6, 6.07) is 5.87. The third kappa shape index (κ3) is 3.58. The number of rotatable bonds is 5. The lowest BCUT2D eigenvalue weighted by Crippen LogP contribution is -2.43. The maximum atomic E-state index is 13.2. The SMILES string of the molecule is O=C(c1cc(-n2cccn2)ccn1)N(CC1CCCO1)C1CCCC1. The quantitative estimate of drug-likeness (QED) is 0.840. The fourth-order valence-electron chi connectivity index (χ4n) is 3.87. The van der Waals surface area contributed by atoms with Gasteiger partial charge in [0.05, 0.1) is 11.8 Å². The number of carbonyl (C=O) groups excluding carboxylic acids is 1. The molecule has 0 spiro atoms. The summed E-state index contributed by atoms with van der Waals surface area (Å²) in [6.45, 7) is 1.49. The van der Waals surface area contributed by atoms with Crippen molar-refractivity contribution >= 4 is 5.91 Å². The summed E-state index contributed by atoms with van der Waals surface area (Å²) in [5.41, 5.74) is 1.34. The molecule has 1 aliphatic heterocycles. The Morgan fingerprint density at radius 1 is 1.24 bits per heavy atom. The van der Waals surface area contributed by atoms with E-state index in [9.17, 15) is 4.79 Å². The van der Waals surface area contributed by atoms with Crippen LogP contribution in [0.25, 0.3) is 5.69 Å². The molecule has 0 N–H and O–H groups in total. The van der Waals surface area contributed by atoms with Gasteiger partial charge in [-0.15, -0.1) is 0 Å². The number of ether oxygens (including phenoxy) is 1. The van der Waals surface area contributed by atoms with E-state index in [4.69, 9.17) is 4.74 Å². The Hall–Kier alpha value is -2.21. The second-order valence-corrected chi connectivity index (χ2v) is 6.88. The number of hydrogen-bond donors (Lipinski definition) is 0. The number of amides is 1. The van der Waals surface area contributed by atoms with Gasteiger partial charge in [-0.25, -0.2) is 4.68 Å². The summed E-state index contributed by atoms with van der Waals surface area (Å²) in [4.78, 5) is 19.6. The minimum Gasteiger partial charge on any atom is -0.376 e. The van der Waals surface area contributed by atoms with Crippen molar-refractivity contribution in [1.29, 1.82) is 0 Å². The van der Waals surface area contributed by atoms with Gasteiger partial charge in [-0.2, -0.15) is 5.10 Å². The van der Waals surface area contributed by atoms with E-state index in [0.29, 0.717) is 18.3 Å². The van der Waals surface area contributed by atoms with Gasteiger partial charge >= 0.3 is 0 Å². The van der Waals surface area contributed by atoms with Crippen LogP contribution in [0.1, 0.15) is 49.0 Å². The normalized spacial score (nSPS) is 20.9. The number of hydrogen-bond acceptors (Lipinski definition) is 4. The number of nitrogens with zero attached hydrogens (tertiary/aromatic N) is 4. The fraction of sp³-hybridized carbons (Fsp3) is 0.526. The van der Waals surface area contributed by atoms with Crippen LogP contribution < -0.4 is 0 Å². The molecule has 1 unspecified atom stereocenters. The van der Waals surface area contributed by atoms with Crippen LogP contribution in [0, 0.1) is 0 Å². The van der Waals surface area contributed by atoms with Crippen LogP contribution in [0.15, 0.2) is 36.8 Å². The molecule has 6 nitrogen and oxygen atoms in total. The molecule has 2 fully saturated rings. The molecule has 132 valence electrons. The van der Waals surface area contributed by atoms with Crippen LogP contribution in [0.3, 0.4) is 0 Å². The van der Waals surface area contributed by atoms with Gasteiger partial charge in [-0.05, 0) is 43.9 Å². The van der Waals surface area contributed by atoms with E-state index in [-0.39, 0.29) is 12.0 Å². The Bertz CT molecular complexity index is 704. The zero-order valence-electron chi connectivity index (χ0n) is 14.4. The van der Waals surface area contributed by atoms with Crippen molar-refractivity contribution in [1.82, 2.24) is 19.7 Å². The molecule has 0 radical (unpaired) electrons. The molecule has 1 atom stereocenters. The van der Waals surface area contributed by atoms with Gasteiger partial charge in [-0.3, -0.25) is 9.78 Å². The lowest BCUT2D eigenvalue weighted by Gasteiger charge is -2.31. The highest BCUT2D eigenvalue weighted by Crippen LogP contribution is 2.27. The molecule has 4 rings (SSSR count). The minimum absolute atomic E-state index is 0.0106. The Balaban J connectivity index is 1.57.